The van der Waals surface area contributed by atoms with Gasteiger partial charge in [-0.15, -0.1) is 10.2 Å². The normalized spacial score (nSPS) is 29.9. The van der Waals surface area contributed by atoms with Gasteiger partial charge in [-0.2, -0.15) is 14.3 Å². The molecule has 6 atom stereocenters. The maximum Gasteiger partial charge on any atom is 0.326 e. The molecule has 2 saturated heterocycles. The lowest BCUT2D eigenvalue weighted by molar-refractivity contribution is -0.0617. The summed E-state index contributed by atoms with van der Waals surface area (Å²) in [6.45, 7) is -6.29. The molecule has 0 saturated carbocycles. The first-order valence-corrected chi connectivity index (χ1v) is 14.4. The number of rotatable bonds is 8. The van der Waals surface area contributed by atoms with Gasteiger partial charge in [0.2, 0.25) is 5.95 Å². The van der Waals surface area contributed by atoms with Crippen molar-refractivity contribution in [1.82, 2.24) is 49.9 Å². The van der Waals surface area contributed by atoms with Gasteiger partial charge in [0.05, 0.1) is 25.9 Å². The molecule has 220 valence electrons. The maximum absolute atomic E-state index is 16.0. The standard InChI is InChI=1S/C18H22FN12O8PS/c19-18(31-13-9(26-29-31)12(20)22-6-23-13)5-37-8(11(18)33)3-38-40(35,41)39-17(1-7(2-32)36-4-17)30-14-10(27-28-30)15(34)25-16(21)24-14/h6-8,11,32-33H,1-5H2,(H,35,41)(H2,20,22,23)(H3,21,24,25,34)/t7-,8+,11+,17?,18+,40?/m0/s1. The Kier molecular flexibility index (Phi) is 6.71. The smallest absolute Gasteiger partial charge is 0.326 e. The molecule has 0 bridgehead atoms. The number of halogens is 1. The summed E-state index contributed by atoms with van der Waals surface area (Å²) >= 11 is 5.20. The lowest BCUT2D eigenvalue weighted by Crippen LogP contribution is -2.44. The first-order chi connectivity index (χ1) is 19.5. The first kappa shape index (κ1) is 27.8. The number of H-pyrrole nitrogens is 1. The zero-order valence-electron chi connectivity index (χ0n) is 20.6. The maximum atomic E-state index is 16.0. The van der Waals surface area contributed by atoms with Crippen LogP contribution in [0, 0.1) is 0 Å². The van der Waals surface area contributed by atoms with Crippen molar-refractivity contribution < 1.29 is 38.0 Å². The van der Waals surface area contributed by atoms with E-state index in [4.69, 9.17) is 41.8 Å². The molecule has 20 nitrogen and oxygen atoms in total. The van der Waals surface area contributed by atoms with E-state index in [0.717, 1.165) is 15.7 Å². The molecule has 0 amide bonds. The Labute approximate surface area is 231 Å². The van der Waals surface area contributed by atoms with Gasteiger partial charge in [-0.05, 0) is 11.8 Å². The van der Waals surface area contributed by atoms with Crippen LogP contribution in [0.5, 0.6) is 0 Å². The Bertz CT molecular complexity index is 1740. The predicted molar refractivity (Wildman–Crippen MR) is 136 cm³/mol. The summed E-state index contributed by atoms with van der Waals surface area (Å²) in [5.74, 6) is -2.91. The lowest BCUT2D eigenvalue weighted by Gasteiger charge is -2.32. The minimum Gasteiger partial charge on any atom is -0.394 e. The molecule has 0 aromatic carbocycles. The summed E-state index contributed by atoms with van der Waals surface area (Å²) in [5, 5.41) is 35.7. The van der Waals surface area contributed by atoms with Gasteiger partial charge < -0.3 is 40.6 Å². The van der Waals surface area contributed by atoms with Crippen LogP contribution < -0.4 is 17.0 Å². The Morgan fingerprint density at radius 2 is 1.95 bits per heavy atom. The van der Waals surface area contributed by atoms with Gasteiger partial charge >= 0.3 is 6.72 Å². The molecule has 0 radical (unpaired) electrons. The Morgan fingerprint density at radius 3 is 2.71 bits per heavy atom. The number of aromatic nitrogens is 10. The number of anilines is 2. The van der Waals surface area contributed by atoms with E-state index in [9.17, 15) is 19.9 Å². The largest absolute Gasteiger partial charge is 0.394 e. The number of alkyl halides is 1. The van der Waals surface area contributed by atoms with Crippen LogP contribution in [0.25, 0.3) is 22.3 Å². The second-order valence-electron chi connectivity index (χ2n) is 9.29. The molecule has 6 rings (SSSR count). The van der Waals surface area contributed by atoms with Gasteiger partial charge in [0, 0.05) is 6.42 Å². The third kappa shape index (κ3) is 4.62. The number of nitrogens with zero attached hydrogens (tertiary/aromatic N) is 9. The Balaban J connectivity index is 1.23. The minimum atomic E-state index is -4.26. The number of ether oxygens (including phenoxy) is 2. The molecule has 6 heterocycles. The van der Waals surface area contributed by atoms with Crippen molar-refractivity contribution in [2.75, 3.05) is 37.9 Å². The molecule has 4 aromatic rings. The van der Waals surface area contributed by atoms with Crippen molar-refractivity contribution >= 4 is 52.6 Å². The number of aliphatic hydroxyl groups excluding tert-OH is 2. The first-order valence-electron chi connectivity index (χ1n) is 11.8. The fourth-order valence-corrected chi connectivity index (χ4v) is 6.26. The number of hydrogen-bond donors (Lipinski definition) is 6. The van der Waals surface area contributed by atoms with Crippen molar-refractivity contribution in [1.29, 1.82) is 0 Å². The van der Waals surface area contributed by atoms with Crippen molar-refractivity contribution in [3.05, 3.63) is 16.7 Å². The molecule has 0 aliphatic carbocycles. The van der Waals surface area contributed by atoms with Crippen LogP contribution in [-0.2, 0) is 41.8 Å². The molecule has 0 spiro atoms. The Hall–Kier alpha value is -3.34. The van der Waals surface area contributed by atoms with E-state index in [1.807, 2.05) is 0 Å². The predicted octanol–water partition coefficient (Wildman–Crippen LogP) is -3.02. The highest BCUT2D eigenvalue weighted by Gasteiger charge is 2.55. The molecule has 23 heteroatoms. The van der Waals surface area contributed by atoms with Gasteiger partial charge in [-0.25, -0.2) is 14.4 Å². The fraction of sp³-hybridized carbons (Fsp3) is 0.556. The number of nitrogens with two attached hydrogens (primary N) is 2. The molecular formula is C18H22FN12O8PS. The van der Waals surface area contributed by atoms with Crippen LogP contribution >= 0.6 is 6.72 Å². The van der Waals surface area contributed by atoms with E-state index in [1.165, 1.54) is 0 Å². The van der Waals surface area contributed by atoms with E-state index in [1.54, 1.807) is 0 Å². The van der Waals surface area contributed by atoms with E-state index in [-0.39, 0.29) is 47.1 Å². The number of aliphatic hydroxyl groups is 2. The van der Waals surface area contributed by atoms with E-state index >= 15 is 4.39 Å². The summed E-state index contributed by atoms with van der Waals surface area (Å²) in [6, 6.07) is 0. The summed E-state index contributed by atoms with van der Waals surface area (Å²) in [7, 11) is 0. The lowest BCUT2D eigenvalue weighted by atomic mass is 10.1. The van der Waals surface area contributed by atoms with Gasteiger partial charge in [-0.1, -0.05) is 10.4 Å². The highest BCUT2D eigenvalue weighted by atomic mass is 32.5. The zero-order valence-corrected chi connectivity index (χ0v) is 22.4. The number of fused-ring (bicyclic) bond motifs is 2. The van der Waals surface area contributed by atoms with E-state index < -0.39 is 61.9 Å². The third-order valence-corrected chi connectivity index (χ3v) is 8.21. The van der Waals surface area contributed by atoms with Crippen molar-refractivity contribution in [3.63, 3.8) is 0 Å². The van der Waals surface area contributed by atoms with Crippen molar-refractivity contribution in [2.45, 2.75) is 36.3 Å². The molecule has 41 heavy (non-hydrogen) atoms. The number of hydrogen-bond acceptors (Lipinski definition) is 17. The van der Waals surface area contributed by atoms with Gasteiger partial charge in [0.15, 0.2) is 33.9 Å². The number of nitrogen functional groups attached to an aromatic ring is 2. The molecule has 2 unspecified atom stereocenters. The fourth-order valence-electron chi connectivity index (χ4n) is 4.64. The third-order valence-electron chi connectivity index (χ3n) is 6.62. The molecule has 2 aliphatic heterocycles. The monoisotopic (exact) mass is 616 g/mol. The van der Waals surface area contributed by atoms with Crippen LogP contribution in [-0.4, -0.2) is 110 Å². The van der Waals surface area contributed by atoms with Crippen LogP contribution in [0.3, 0.4) is 0 Å². The number of nitrogens with one attached hydrogen (secondary N) is 1. The average molecular weight is 616 g/mol. The topological polar surface area (TPSA) is 283 Å². The summed E-state index contributed by atoms with van der Waals surface area (Å²) in [5.41, 5.74) is 8.65. The second kappa shape index (κ2) is 9.89. The Morgan fingerprint density at radius 1 is 1.20 bits per heavy atom. The second-order valence-corrected chi connectivity index (χ2v) is 12.1. The molecule has 4 aromatic heterocycles. The van der Waals surface area contributed by atoms with E-state index in [2.05, 4.69) is 40.6 Å². The van der Waals surface area contributed by atoms with Gasteiger partial charge in [-0.3, -0.25) is 14.3 Å². The van der Waals surface area contributed by atoms with Crippen LogP contribution in [0.4, 0.5) is 16.2 Å². The quantitative estimate of drug-likeness (QED) is 0.107. The number of aromatic amines is 1. The molecule has 2 aliphatic rings. The molecular weight excluding hydrogens is 594 g/mol. The highest BCUT2D eigenvalue weighted by Crippen LogP contribution is 2.53. The molecule has 8 N–H and O–H groups in total. The SMILES string of the molecule is Nc1nc2c(nnn2C2(OP(O)(=S)OC[C@H]3OC[C@@](F)(n4nnc5c(N)ncnc54)[C@@H]3O)CO[C@H](CO)C2)c(=O)[nH]1. The van der Waals surface area contributed by atoms with Crippen LogP contribution in [0.2, 0.25) is 0 Å². The molecule has 2 fully saturated rings. The van der Waals surface area contributed by atoms with Crippen molar-refractivity contribution in [2.24, 2.45) is 0 Å². The summed E-state index contributed by atoms with van der Waals surface area (Å²) < 4.78 is 40.0. The van der Waals surface area contributed by atoms with Crippen molar-refractivity contribution in [3.8, 4) is 0 Å². The van der Waals surface area contributed by atoms with E-state index in [0.29, 0.717) is 0 Å². The van der Waals surface area contributed by atoms with Crippen LogP contribution in [0.15, 0.2) is 11.1 Å². The van der Waals surface area contributed by atoms with Gasteiger partial charge in [0.25, 0.3) is 11.4 Å². The summed E-state index contributed by atoms with van der Waals surface area (Å²) in [6.07, 6.45) is -3.01. The zero-order chi connectivity index (χ0) is 29.2. The van der Waals surface area contributed by atoms with Crippen LogP contribution in [0.1, 0.15) is 6.42 Å². The van der Waals surface area contributed by atoms with Gasteiger partial charge in [0.1, 0.15) is 25.1 Å². The summed E-state index contributed by atoms with van der Waals surface area (Å²) in [4.78, 5) is 37.3. The minimum absolute atomic E-state index is 0.0276. The highest BCUT2D eigenvalue weighted by molar-refractivity contribution is 8.07. The average Bonchev–Trinajstić information content (AvgIpc) is 3.69.